The molecule has 0 saturated carbocycles. The van der Waals surface area contributed by atoms with Crippen molar-refractivity contribution in [2.24, 2.45) is 11.3 Å². The number of amides is 1. The van der Waals surface area contributed by atoms with Gasteiger partial charge < -0.3 is 4.74 Å². The number of carbonyl (C=O) groups excluding carboxylic acids is 2. The largest absolute Gasteiger partial charge is 0.492 e. The number of nitrogens with zero attached hydrogens (tertiary/aromatic N) is 1. The summed E-state index contributed by atoms with van der Waals surface area (Å²) in [5.74, 6) is 0.598. The normalized spacial score (nSPS) is 20.9. The fraction of sp³-hybridized carbons (Fsp3) is 0.333. The Kier molecular flexibility index (Phi) is 5.81. The number of Topliss-reactive ketones (excluding diaryl/α,β-unsaturated/α-hetero) is 1. The summed E-state index contributed by atoms with van der Waals surface area (Å²) in [5, 5.41) is 0. The molecule has 0 saturated heterocycles. The fourth-order valence-electron chi connectivity index (χ4n) is 4.61. The van der Waals surface area contributed by atoms with Gasteiger partial charge in [0.1, 0.15) is 5.75 Å². The van der Waals surface area contributed by atoms with Crippen molar-refractivity contribution in [1.82, 2.24) is 0 Å². The molecule has 4 heteroatoms. The lowest BCUT2D eigenvalue weighted by molar-refractivity contribution is -0.121. The predicted molar refractivity (Wildman–Crippen MR) is 124 cm³/mol. The molecule has 0 spiro atoms. The molecule has 160 valence electrons. The van der Waals surface area contributed by atoms with Crippen LogP contribution in [-0.4, -0.2) is 18.3 Å². The number of ketones is 1. The van der Waals surface area contributed by atoms with E-state index < -0.39 is 0 Å². The number of ether oxygens (including phenoxy) is 1. The van der Waals surface area contributed by atoms with Crippen molar-refractivity contribution in [2.75, 3.05) is 11.5 Å². The third-order valence-corrected chi connectivity index (χ3v) is 5.91. The van der Waals surface area contributed by atoms with Crippen LogP contribution >= 0.6 is 0 Å². The minimum Gasteiger partial charge on any atom is -0.492 e. The second-order valence-corrected chi connectivity index (χ2v) is 9.01. The highest BCUT2D eigenvalue weighted by Gasteiger charge is 2.43. The first-order chi connectivity index (χ1) is 14.9. The standard InChI is InChI=1S/C27H29NO3/c1-4-31-24-13-9-8-12-21(24)28-22-17-27(2,3)18-23(29)26(22)20(16-25(28)30)15-14-19-10-6-5-7-11-19/h5-15,20H,4,16-18H2,1-3H3/b15-14+. The molecule has 1 unspecified atom stereocenters. The number of carbonyl (C=O) groups is 2. The van der Waals surface area contributed by atoms with Crippen molar-refractivity contribution >= 4 is 23.5 Å². The molecule has 0 bridgehead atoms. The van der Waals surface area contributed by atoms with Crippen molar-refractivity contribution in [3.8, 4) is 5.75 Å². The average Bonchev–Trinajstić information content (AvgIpc) is 2.73. The molecular weight excluding hydrogens is 386 g/mol. The van der Waals surface area contributed by atoms with E-state index in [0.29, 0.717) is 25.2 Å². The van der Waals surface area contributed by atoms with Crippen molar-refractivity contribution < 1.29 is 14.3 Å². The minimum absolute atomic E-state index is 0.000820. The van der Waals surface area contributed by atoms with Gasteiger partial charge in [-0.05, 0) is 36.5 Å². The Hall–Kier alpha value is -3.14. The minimum atomic E-state index is -0.207. The van der Waals surface area contributed by atoms with Crippen LogP contribution in [0.4, 0.5) is 5.69 Å². The first-order valence-corrected chi connectivity index (χ1v) is 10.9. The van der Waals surface area contributed by atoms with Crippen molar-refractivity contribution in [3.63, 3.8) is 0 Å². The number of allylic oxidation sites excluding steroid dienone is 3. The van der Waals surface area contributed by atoms with E-state index in [9.17, 15) is 9.59 Å². The average molecular weight is 416 g/mol. The van der Waals surface area contributed by atoms with E-state index in [0.717, 1.165) is 22.5 Å². The molecule has 2 aromatic carbocycles. The van der Waals surface area contributed by atoms with Gasteiger partial charge in [-0.1, -0.05) is 68.5 Å². The molecule has 31 heavy (non-hydrogen) atoms. The molecule has 4 rings (SSSR count). The first-order valence-electron chi connectivity index (χ1n) is 10.9. The van der Waals surface area contributed by atoms with Crippen LogP contribution in [-0.2, 0) is 9.59 Å². The number of rotatable bonds is 5. The van der Waals surface area contributed by atoms with E-state index in [4.69, 9.17) is 4.74 Å². The van der Waals surface area contributed by atoms with Crippen LogP contribution in [0.1, 0.15) is 45.6 Å². The van der Waals surface area contributed by atoms with Gasteiger partial charge in [-0.2, -0.15) is 0 Å². The zero-order valence-corrected chi connectivity index (χ0v) is 18.4. The summed E-state index contributed by atoms with van der Waals surface area (Å²) < 4.78 is 5.81. The predicted octanol–water partition coefficient (Wildman–Crippen LogP) is 5.79. The van der Waals surface area contributed by atoms with Gasteiger partial charge in [0, 0.05) is 30.0 Å². The maximum absolute atomic E-state index is 13.4. The van der Waals surface area contributed by atoms with Crippen LogP contribution in [0.5, 0.6) is 5.75 Å². The molecule has 1 atom stereocenters. The van der Waals surface area contributed by atoms with Gasteiger partial charge in [-0.3, -0.25) is 14.5 Å². The van der Waals surface area contributed by atoms with E-state index in [1.165, 1.54) is 0 Å². The van der Waals surface area contributed by atoms with E-state index in [1.807, 2.05) is 73.7 Å². The topological polar surface area (TPSA) is 46.6 Å². The molecule has 0 N–H and O–H groups in total. The third-order valence-electron chi connectivity index (χ3n) is 5.91. The summed E-state index contributed by atoms with van der Waals surface area (Å²) in [6.45, 7) is 6.62. The van der Waals surface area contributed by atoms with E-state index >= 15 is 0 Å². The molecule has 1 aliphatic heterocycles. The van der Waals surface area contributed by atoms with Crippen LogP contribution in [0, 0.1) is 11.3 Å². The summed E-state index contributed by atoms with van der Waals surface area (Å²) in [6, 6.07) is 17.6. The Morgan fingerprint density at radius 3 is 2.48 bits per heavy atom. The highest BCUT2D eigenvalue weighted by molar-refractivity contribution is 6.07. The first kappa shape index (κ1) is 21.1. The highest BCUT2D eigenvalue weighted by atomic mass is 16.5. The van der Waals surface area contributed by atoms with Gasteiger partial charge in [-0.25, -0.2) is 0 Å². The quantitative estimate of drug-likeness (QED) is 0.620. The number of para-hydroxylation sites is 2. The Labute approximate surface area is 184 Å². The summed E-state index contributed by atoms with van der Waals surface area (Å²) in [4.78, 5) is 28.5. The molecule has 2 aliphatic rings. The molecule has 0 aromatic heterocycles. The molecular formula is C27H29NO3. The smallest absolute Gasteiger partial charge is 0.232 e. The molecule has 4 nitrogen and oxygen atoms in total. The Balaban J connectivity index is 1.82. The molecule has 2 aromatic rings. The Morgan fingerprint density at radius 2 is 1.74 bits per heavy atom. The second-order valence-electron chi connectivity index (χ2n) is 9.01. The van der Waals surface area contributed by atoms with Crippen LogP contribution in [0.3, 0.4) is 0 Å². The van der Waals surface area contributed by atoms with Gasteiger partial charge in [0.25, 0.3) is 0 Å². The van der Waals surface area contributed by atoms with Gasteiger partial charge in [0.15, 0.2) is 5.78 Å². The van der Waals surface area contributed by atoms with Crippen LogP contribution in [0.2, 0.25) is 0 Å². The highest BCUT2D eigenvalue weighted by Crippen LogP contribution is 2.47. The number of benzene rings is 2. The van der Waals surface area contributed by atoms with Crippen molar-refractivity contribution in [1.29, 1.82) is 0 Å². The molecule has 0 fully saturated rings. The number of hydrogen-bond donors (Lipinski definition) is 0. The van der Waals surface area contributed by atoms with E-state index in [2.05, 4.69) is 13.8 Å². The summed E-state index contributed by atoms with van der Waals surface area (Å²) in [6.07, 6.45) is 5.48. The zero-order chi connectivity index (χ0) is 22.0. The summed E-state index contributed by atoms with van der Waals surface area (Å²) in [7, 11) is 0. The Bertz CT molecular complexity index is 1050. The molecule has 1 amide bonds. The lowest BCUT2D eigenvalue weighted by atomic mass is 9.70. The number of hydrogen-bond acceptors (Lipinski definition) is 3. The lowest BCUT2D eigenvalue weighted by Gasteiger charge is -2.42. The summed E-state index contributed by atoms with van der Waals surface area (Å²) >= 11 is 0. The maximum Gasteiger partial charge on any atom is 0.232 e. The third kappa shape index (κ3) is 4.34. The van der Waals surface area contributed by atoms with Crippen molar-refractivity contribution in [3.05, 3.63) is 77.5 Å². The molecule has 1 aliphatic carbocycles. The van der Waals surface area contributed by atoms with Crippen LogP contribution in [0.25, 0.3) is 6.08 Å². The van der Waals surface area contributed by atoms with E-state index in [-0.39, 0.29) is 29.4 Å². The lowest BCUT2D eigenvalue weighted by Crippen LogP contribution is -2.44. The monoisotopic (exact) mass is 415 g/mol. The zero-order valence-electron chi connectivity index (χ0n) is 18.4. The van der Waals surface area contributed by atoms with Gasteiger partial charge in [-0.15, -0.1) is 0 Å². The molecule has 1 heterocycles. The maximum atomic E-state index is 13.4. The van der Waals surface area contributed by atoms with Gasteiger partial charge >= 0.3 is 0 Å². The van der Waals surface area contributed by atoms with Crippen LogP contribution < -0.4 is 9.64 Å². The van der Waals surface area contributed by atoms with Gasteiger partial charge in [0.05, 0.1) is 12.3 Å². The SMILES string of the molecule is CCOc1ccccc1N1C(=O)CC(/C=C/c2ccccc2)C2=C1CC(C)(C)CC2=O. The second kappa shape index (κ2) is 8.54. The Morgan fingerprint density at radius 1 is 1.03 bits per heavy atom. The van der Waals surface area contributed by atoms with Gasteiger partial charge in [0.2, 0.25) is 5.91 Å². The number of anilines is 1. The van der Waals surface area contributed by atoms with Crippen LogP contribution in [0.15, 0.2) is 71.9 Å². The summed E-state index contributed by atoms with van der Waals surface area (Å²) in [5.41, 5.74) is 3.19. The van der Waals surface area contributed by atoms with Crippen molar-refractivity contribution in [2.45, 2.75) is 40.0 Å². The molecule has 0 radical (unpaired) electrons. The van der Waals surface area contributed by atoms with E-state index in [1.54, 1.807) is 4.90 Å². The fourth-order valence-corrected chi connectivity index (χ4v) is 4.61.